The number of benzene rings is 1. The third kappa shape index (κ3) is 4.19. The number of rotatable bonds is 5. The zero-order valence-electron chi connectivity index (χ0n) is 15.9. The molecule has 1 spiro atoms. The van der Waals surface area contributed by atoms with Crippen LogP contribution in [0.2, 0.25) is 5.02 Å². The van der Waals surface area contributed by atoms with E-state index in [9.17, 15) is 19.2 Å². The zero-order valence-corrected chi connectivity index (χ0v) is 16.6. The van der Waals surface area contributed by atoms with Crippen molar-refractivity contribution >= 4 is 40.9 Å². The maximum absolute atomic E-state index is 12.8. The molecule has 1 heterocycles. The summed E-state index contributed by atoms with van der Waals surface area (Å²) in [6.07, 6.45) is 4.55. The largest absolute Gasteiger partial charge is 0.335 e. The van der Waals surface area contributed by atoms with Crippen LogP contribution in [0.25, 0.3) is 0 Å². The Hall–Kier alpha value is -2.41. The minimum absolute atomic E-state index is 0.190. The van der Waals surface area contributed by atoms with Crippen molar-refractivity contribution in [2.75, 3.05) is 25.5 Å². The van der Waals surface area contributed by atoms with Gasteiger partial charge in [0.1, 0.15) is 6.54 Å². The van der Waals surface area contributed by atoms with Gasteiger partial charge in [0.2, 0.25) is 23.6 Å². The van der Waals surface area contributed by atoms with Crippen LogP contribution in [0.15, 0.2) is 24.3 Å². The Balaban J connectivity index is 1.56. The highest BCUT2D eigenvalue weighted by molar-refractivity contribution is 6.33. The Morgan fingerprint density at radius 2 is 1.86 bits per heavy atom. The molecule has 0 radical (unpaired) electrons. The lowest BCUT2D eigenvalue weighted by molar-refractivity contribution is -0.147. The van der Waals surface area contributed by atoms with Crippen LogP contribution in [0.5, 0.6) is 0 Å². The van der Waals surface area contributed by atoms with Crippen molar-refractivity contribution in [1.82, 2.24) is 9.80 Å². The lowest BCUT2D eigenvalue weighted by Gasteiger charge is -2.30. The summed E-state index contributed by atoms with van der Waals surface area (Å²) in [5, 5.41) is 3.04. The lowest BCUT2D eigenvalue weighted by atomic mass is 9.73. The maximum atomic E-state index is 12.8. The summed E-state index contributed by atoms with van der Waals surface area (Å²) in [6.45, 7) is -0.527. The summed E-state index contributed by atoms with van der Waals surface area (Å²) in [7, 11) is 1.47. The van der Waals surface area contributed by atoms with Gasteiger partial charge in [0.25, 0.3) is 0 Å². The average Bonchev–Trinajstić information content (AvgIpc) is 2.88. The fourth-order valence-corrected chi connectivity index (χ4v) is 4.13. The van der Waals surface area contributed by atoms with E-state index in [0.717, 1.165) is 24.2 Å². The van der Waals surface area contributed by atoms with Gasteiger partial charge in [-0.1, -0.05) is 43.0 Å². The standard InChI is InChI=1S/C20H24ClN3O4/c1-23(12-16(25)22-15-8-4-3-7-14(15)21)18(27)13-24-17(26)11-20(19(24)28)9-5-2-6-10-20/h3-4,7-8H,2,5-6,9-13H2,1H3,(H,22,25). The molecule has 1 aliphatic heterocycles. The first-order valence-corrected chi connectivity index (χ1v) is 9.83. The van der Waals surface area contributed by atoms with Gasteiger partial charge in [0.05, 0.1) is 22.7 Å². The summed E-state index contributed by atoms with van der Waals surface area (Å²) in [5.74, 6) is -1.40. The van der Waals surface area contributed by atoms with Crippen molar-refractivity contribution in [2.24, 2.45) is 5.41 Å². The van der Waals surface area contributed by atoms with Gasteiger partial charge in [-0.15, -0.1) is 0 Å². The molecule has 0 unspecified atom stereocenters. The van der Waals surface area contributed by atoms with Gasteiger partial charge < -0.3 is 10.2 Å². The third-order valence-electron chi connectivity index (χ3n) is 5.55. The molecule has 1 aromatic carbocycles. The molecule has 7 nitrogen and oxygen atoms in total. The number of likely N-dealkylation sites (N-methyl/N-ethyl adjacent to an activating group) is 1. The molecule has 1 aliphatic carbocycles. The van der Waals surface area contributed by atoms with Gasteiger partial charge >= 0.3 is 0 Å². The maximum Gasteiger partial charge on any atom is 0.244 e. The van der Waals surface area contributed by atoms with E-state index in [1.54, 1.807) is 24.3 Å². The Morgan fingerprint density at radius 3 is 2.54 bits per heavy atom. The number of halogens is 1. The molecule has 1 saturated carbocycles. The predicted octanol–water partition coefficient (Wildman–Crippen LogP) is 2.45. The van der Waals surface area contributed by atoms with Crippen LogP contribution >= 0.6 is 11.6 Å². The molecule has 2 fully saturated rings. The molecule has 150 valence electrons. The second kappa shape index (κ2) is 8.31. The van der Waals surface area contributed by atoms with Crippen LogP contribution < -0.4 is 5.32 Å². The van der Waals surface area contributed by atoms with Gasteiger partial charge in [-0.2, -0.15) is 0 Å². The molecule has 1 N–H and O–H groups in total. The van der Waals surface area contributed by atoms with Crippen molar-refractivity contribution in [3.05, 3.63) is 29.3 Å². The van der Waals surface area contributed by atoms with E-state index in [1.165, 1.54) is 11.9 Å². The summed E-state index contributed by atoms with van der Waals surface area (Å²) >= 11 is 6.01. The van der Waals surface area contributed by atoms with Gasteiger partial charge in [-0.3, -0.25) is 24.1 Å². The molecular formula is C20H24ClN3O4. The SMILES string of the molecule is CN(CC(=O)Nc1ccccc1Cl)C(=O)CN1C(=O)CC2(CCCCC2)C1=O. The van der Waals surface area contributed by atoms with E-state index in [4.69, 9.17) is 11.6 Å². The average molecular weight is 406 g/mol. The highest BCUT2D eigenvalue weighted by atomic mass is 35.5. The molecule has 4 amide bonds. The normalized spacial score (nSPS) is 18.4. The number of nitrogens with one attached hydrogen (secondary N) is 1. The molecular weight excluding hydrogens is 382 g/mol. The number of likely N-dealkylation sites (tertiary alicyclic amines) is 1. The van der Waals surface area contributed by atoms with Crippen LogP contribution in [-0.4, -0.2) is 53.6 Å². The molecule has 0 aromatic heterocycles. The molecule has 0 atom stereocenters. The molecule has 1 saturated heterocycles. The summed E-state index contributed by atoms with van der Waals surface area (Å²) in [6, 6.07) is 6.80. The molecule has 1 aromatic rings. The topological polar surface area (TPSA) is 86.8 Å². The fraction of sp³-hybridized carbons (Fsp3) is 0.500. The van der Waals surface area contributed by atoms with Crippen LogP contribution in [0.4, 0.5) is 5.69 Å². The van der Waals surface area contributed by atoms with E-state index in [2.05, 4.69) is 5.32 Å². The molecule has 2 aliphatic rings. The van der Waals surface area contributed by atoms with Crippen molar-refractivity contribution < 1.29 is 19.2 Å². The Bertz CT molecular complexity index is 804. The van der Waals surface area contributed by atoms with E-state index in [1.807, 2.05) is 0 Å². The molecule has 8 heteroatoms. The zero-order chi connectivity index (χ0) is 20.3. The number of nitrogens with zero attached hydrogens (tertiary/aromatic N) is 2. The number of hydrogen-bond acceptors (Lipinski definition) is 4. The van der Waals surface area contributed by atoms with Crippen LogP contribution in [0, 0.1) is 5.41 Å². The van der Waals surface area contributed by atoms with Crippen molar-refractivity contribution in [3.63, 3.8) is 0 Å². The monoisotopic (exact) mass is 405 g/mol. The minimum atomic E-state index is -0.615. The molecule has 3 rings (SSSR count). The minimum Gasteiger partial charge on any atom is -0.335 e. The lowest BCUT2D eigenvalue weighted by Crippen LogP contribution is -2.45. The van der Waals surface area contributed by atoms with Crippen LogP contribution in [0.3, 0.4) is 0 Å². The Kier molecular flexibility index (Phi) is 6.03. The van der Waals surface area contributed by atoms with E-state index in [0.29, 0.717) is 23.6 Å². The van der Waals surface area contributed by atoms with Crippen molar-refractivity contribution in [1.29, 1.82) is 0 Å². The van der Waals surface area contributed by atoms with Crippen molar-refractivity contribution in [2.45, 2.75) is 38.5 Å². The van der Waals surface area contributed by atoms with Gasteiger partial charge in [0, 0.05) is 13.5 Å². The number of anilines is 1. The second-order valence-electron chi connectivity index (χ2n) is 7.58. The summed E-state index contributed by atoms with van der Waals surface area (Å²) in [5.41, 5.74) is -0.158. The summed E-state index contributed by atoms with van der Waals surface area (Å²) in [4.78, 5) is 52.1. The van der Waals surface area contributed by atoms with E-state index >= 15 is 0 Å². The highest BCUT2D eigenvalue weighted by Gasteiger charge is 2.51. The number of carbonyl (C=O) groups excluding carboxylic acids is 4. The van der Waals surface area contributed by atoms with E-state index < -0.39 is 17.2 Å². The number of para-hydroxylation sites is 1. The van der Waals surface area contributed by atoms with E-state index in [-0.39, 0.29) is 31.3 Å². The first kappa shape index (κ1) is 20.3. The van der Waals surface area contributed by atoms with Crippen LogP contribution in [-0.2, 0) is 19.2 Å². The quantitative estimate of drug-likeness (QED) is 0.762. The Morgan fingerprint density at radius 1 is 1.18 bits per heavy atom. The van der Waals surface area contributed by atoms with Crippen LogP contribution in [0.1, 0.15) is 38.5 Å². The first-order chi connectivity index (χ1) is 13.3. The third-order valence-corrected chi connectivity index (χ3v) is 5.88. The fourth-order valence-electron chi connectivity index (χ4n) is 3.95. The smallest absolute Gasteiger partial charge is 0.244 e. The predicted molar refractivity (Wildman–Crippen MR) is 105 cm³/mol. The summed E-state index contributed by atoms with van der Waals surface area (Å²) < 4.78 is 0. The van der Waals surface area contributed by atoms with Gasteiger partial charge in [0.15, 0.2) is 0 Å². The number of hydrogen-bond donors (Lipinski definition) is 1. The molecule has 28 heavy (non-hydrogen) atoms. The number of imide groups is 1. The molecule has 0 bridgehead atoms. The van der Waals surface area contributed by atoms with Gasteiger partial charge in [-0.25, -0.2) is 0 Å². The number of carbonyl (C=O) groups is 4. The van der Waals surface area contributed by atoms with Crippen molar-refractivity contribution in [3.8, 4) is 0 Å². The number of amides is 4. The highest BCUT2D eigenvalue weighted by Crippen LogP contribution is 2.45. The van der Waals surface area contributed by atoms with Gasteiger partial charge in [-0.05, 0) is 25.0 Å². The Labute approximate surface area is 169 Å². The second-order valence-corrected chi connectivity index (χ2v) is 7.99. The first-order valence-electron chi connectivity index (χ1n) is 9.45.